The Labute approximate surface area is 220 Å². The summed E-state index contributed by atoms with van der Waals surface area (Å²) >= 11 is 0. The largest absolute Gasteiger partial charge is 0.465 e. The van der Waals surface area contributed by atoms with Crippen molar-refractivity contribution in [1.29, 1.82) is 0 Å². The lowest BCUT2D eigenvalue weighted by molar-refractivity contribution is -0.114. The SMILES string of the molecule is CC(=COc1cc(N)cc(N)c1)CCCC(C)[C@H]1CC[C@H]2[C@@H]3CCC4CCCC[C@]4(C)[C@H]3CC[C@]12C. The van der Waals surface area contributed by atoms with Gasteiger partial charge in [-0.3, -0.25) is 0 Å². The monoisotopic (exact) mass is 492 g/mol. The van der Waals surface area contributed by atoms with Crippen LogP contribution in [0.4, 0.5) is 11.4 Å². The van der Waals surface area contributed by atoms with E-state index in [4.69, 9.17) is 16.2 Å². The topological polar surface area (TPSA) is 61.3 Å². The van der Waals surface area contributed by atoms with Gasteiger partial charge in [-0.05, 0) is 129 Å². The molecule has 2 unspecified atom stereocenters. The number of fused-ring (bicyclic) bond motifs is 5. The van der Waals surface area contributed by atoms with Crippen molar-refractivity contribution in [3.63, 3.8) is 0 Å². The quantitative estimate of drug-likeness (QED) is 0.295. The van der Waals surface area contributed by atoms with Gasteiger partial charge in [-0.15, -0.1) is 0 Å². The van der Waals surface area contributed by atoms with Gasteiger partial charge in [-0.1, -0.05) is 40.0 Å². The summed E-state index contributed by atoms with van der Waals surface area (Å²) < 4.78 is 5.85. The smallest absolute Gasteiger partial charge is 0.130 e. The minimum Gasteiger partial charge on any atom is -0.465 e. The highest BCUT2D eigenvalue weighted by Crippen LogP contribution is 2.68. The van der Waals surface area contributed by atoms with Crippen molar-refractivity contribution in [1.82, 2.24) is 0 Å². The van der Waals surface area contributed by atoms with Gasteiger partial charge in [0.2, 0.25) is 0 Å². The summed E-state index contributed by atoms with van der Waals surface area (Å²) in [5, 5.41) is 0. The van der Waals surface area contributed by atoms with Crippen LogP contribution in [0.1, 0.15) is 111 Å². The zero-order valence-corrected chi connectivity index (χ0v) is 23.5. The summed E-state index contributed by atoms with van der Waals surface area (Å²) in [4.78, 5) is 0. The third-order valence-electron chi connectivity index (χ3n) is 11.9. The van der Waals surface area contributed by atoms with Gasteiger partial charge in [-0.2, -0.15) is 0 Å². The van der Waals surface area contributed by atoms with Gasteiger partial charge in [0.1, 0.15) is 5.75 Å². The highest BCUT2D eigenvalue weighted by atomic mass is 16.5. The Bertz CT molecular complexity index is 935. The molecule has 3 nitrogen and oxygen atoms in total. The second-order valence-electron chi connectivity index (χ2n) is 13.9. The maximum Gasteiger partial charge on any atom is 0.130 e. The number of allylic oxidation sites excluding steroid dienone is 1. The van der Waals surface area contributed by atoms with Gasteiger partial charge >= 0.3 is 0 Å². The molecule has 0 spiro atoms. The first-order valence-corrected chi connectivity index (χ1v) is 15.2. The van der Waals surface area contributed by atoms with Crippen LogP contribution in [0.3, 0.4) is 0 Å². The van der Waals surface area contributed by atoms with Gasteiger partial charge in [0.25, 0.3) is 0 Å². The molecule has 0 aliphatic heterocycles. The molecule has 4 fully saturated rings. The number of rotatable bonds is 7. The van der Waals surface area contributed by atoms with Gasteiger partial charge in [-0.25, -0.2) is 0 Å². The van der Waals surface area contributed by atoms with Gasteiger partial charge in [0.15, 0.2) is 0 Å². The second kappa shape index (κ2) is 10.3. The molecule has 3 heteroatoms. The first kappa shape index (κ1) is 26.0. The number of ether oxygens (including phenoxy) is 1. The Morgan fingerprint density at radius 1 is 0.944 bits per heavy atom. The third kappa shape index (κ3) is 4.81. The number of hydrogen-bond acceptors (Lipinski definition) is 3. The molecule has 0 radical (unpaired) electrons. The van der Waals surface area contributed by atoms with Crippen molar-refractivity contribution in [2.75, 3.05) is 11.5 Å². The molecule has 8 atom stereocenters. The van der Waals surface area contributed by atoms with Crippen LogP contribution >= 0.6 is 0 Å². The van der Waals surface area contributed by atoms with E-state index in [9.17, 15) is 0 Å². The number of anilines is 2. The molecule has 0 bridgehead atoms. The summed E-state index contributed by atoms with van der Waals surface area (Å²) in [5.74, 6) is 6.51. The molecule has 0 saturated heterocycles. The van der Waals surface area contributed by atoms with Gasteiger partial charge in [0, 0.05) is 23.5 Å². The van der Waals surface area contributed by atoms with Crippen LogP contribution in [0.2, 0.25) is 0 Å². The van der Waals surface area contributed by atoms with E-state index in [0.717, 1.165) is 47.7 Å². The number of nitrogens with two attached hydrogens (primary N) is 2. The predicted molar refractivity (Wildman–Crippen MR) is 153 cm³/mol. The predicted octanol–water partition coefficient (Wildman–Crippen LogP) is 8.99. The van der Waals surface area contributed by atoms with Crippen molar-refractivity contribution in [2.24, 2.45) is 46.3 Å². The standard InChI is InChI=1S/C33H52N2O/c1-22(21-36-27-19-25(34)18-26(35)20-27)8-7-9-23(2)29-13-14-30-28-12-11-24-10-5-6-16-32(24,3)31(28)15-17-33(29,30)4/h18-21,23-24,28-31H,5-17,34-35H2,1-4H3/t23?,24?,28-,29+,30-,31-,32-,33+/m0/s1. The average Bonchev–Trinajstić information content (AvgIpc) is 3.19. The minimum absolute atomic E-state index is 0.583. The molecule has 0 amide bonds. The number of nitrogen functional groups attached to an aromatic ring is 2. The minimum atomic E-state index is 0.583. The maximum atomic E-state index is 5.89. The van der Waals surface area contributed by atoms with Crippen molar-refractivity contribution in [2.45, 2.75) is 111 Å². The molecule has 5 rings (SSSR count). The van der Waals surface area contributed by atoms with Crippen LogP contribution in [0, 0.1) is 46.3 Å². The third-order valence-corrected chi connectivity index (χ3v) is 11.9. The molecular weight excluding hydrogens is 440 g/mol. The molecule has 200 valence electrons. The van der Waals surface area contributed by atoms with E-state index in [1.807, 2.05) is 18.4 Å². The molecule has 0 heterocycles. The molecule has 1 aromatic carbocycles. The summed E-state index contributed by atoms with van der Waals surface area (Å²) in [6.07, 6.45) is 20.6. The van der Waals surface area contributed by atoms with E-state index in [0.29, 0.717) is 22.2 Å². The van der Waals surface area contributed by atoms with E-state index in [-0.39, 0.29) is 0 Å². The Morgan fingerprint density at radius 2 is 1.69 bits per heavy atom. The lowest BCUT2D eigenvalue weighted by Gasteiger charge is -2.61. The fraction of sp³-hybridized carbons (Fsp3) is 0.758. The number of hydrogen-bond donors (Lipinski definition) is 2. The lowest BCUT2D eigenvalue weighted by atomic mass is 9.44. The van der Waals surface area contributed by atoms with Gasteiger partial charge in [0.05, 0.1) is 6.26 Å². The Kier molecular flexibility index (Phi) is 7.40. The van der Waals surface area contributed by atoms with Crippen molar-refractivity contribution in [3.05, 3.63) is 30.0 Å². The van der Waals surface area contributed by atoms with Crippen LogP contribution in [0.15, 0.2) is 30.0 Å². The molecule has 1 aromatic rings. The molecule has 4 aliphatic carbocycles. The highest BCUT2D eigenvalue weighted by molar-refractivity contribution is 5.56. The lowest BCUT2D eigenvalue weighted by Crippen LogP contribution is -2.53. The summed E-state index contributed by atoms with van der Waals surface area (Å²) in [6, 6.07) is 5.41. The molecular formula is C33H52N2O. The summed E-state index contributed by atoms with van der Waals surface area (Å²) in [6.45, 7) is 10.2. The molecule has 4 saturated carbocycles. The van der Waals surface area contributed by atoms with Crippen LogP contribution in [0.5, 0.6) is 5.75 Å². The van der Waals surface area contributed by atoms with Crippen molar-refractivity contribution in [3.8, 4) is 5.75 Å². The normalized spacial score (nSPS) is 39.1. The fourth-order valence-electron chi connectivity index (χ4n) is 10.1. The molecule has 4 N–H and O–H groups in total. The average molecular weight is 493 g/mol. The Balaban J connectivity index is 1.15. The Morgan fingerprint density at radius 3 is 2.47 bits per heavy atom. The first-order chi connectivity index (χ1) is 17.2. The van der Waals surface area contributed by atoms with E-state index in [1.165, 1.54) is 82.6 Å². The summed E-state index contributed by atoms with van der Waals surface area (Å²) in [5.41, 5.74) is 15.6. The van der Waals surface area contributed by atoms with Crippen molar-refractivity contribution >= 4 is 11.4 Å². The maximum absolute atomic E-state index is 5.89. The first-order valence-electron chi connectivity index (χ1n) is 15.2. The van der Waals surface area contributed by atoms with Crippen LogP contribution in [-0.4, -0.2) is 0 Å². The molecule has 4 aliphatic rings. The number of benzene rings is 1. The second-order valence-corrected chi connectivity index (χ2v) is 13.9. The molecule has 36 heavy (non-hydrogen) atoms. The van der Waals surface area contributed by atoms with Crippen molar-refractivity contribution < 1.29 is 4.74 Å². The van der Waals surface area contributed by atoms with Gasteiger partial charge < -0.3 is 16.2 Å². The fourth-order valence-corrected chi connectivity index (χ4v) is 10.1. The van der Waals surface area contributed by atoms with E-state index < -0.39 is 0 Å². The van der Waals surface area contributed by atoms with E-state index >= 15 is 0 Å². The van der Waals surface area contributed by atoms with Crippen LogP contribution in [0.25, 0.3) is 0 Å². The Hall–Kier alpha value is -1.64. The molecule has 0 aromatic heterocycles. The summed E-state index contributed by atoms with van der Waals surface area (Å²) in [7, 11) is 0. The zero-order chi connectivity index (χ0) is 25.5. The van der Waals surface area contributed by atoms with E-state index in [1.54, 1.807) is 6.07 Å². The zero-order valence-electron chi connectivity index (χ0n) is 23.5. The van der Waals surface area contributed by atoms with Crippen LogP contribution < -0.4 is 16.2 Å². The highest BCUT2D eigenvalue weighted by Gasteiger charge is 2.60. The van der Waals surface area contributed by atoms with Crippen LogP contribution in [-0.2, 0) is 0 Å². The van der Waals surface area contributed by atoms with E-state index in [2.05, 4.69) is 27.7 Å².